The van der Waals surface area contributed by atoms with Gasteiger partial charge in [-0.3, -0.25) is 15.0 Å². The number of aromatic nitrogens is 2. The van der Waals surface area contributed by atoms with Crippen molar-refractivity contribution in [1.29, 1.82) is 0 Å². The molecule has 264 valence electrons. The van der Waals surface area contributed by atoms with E-state index in [9.17, 15) is 14.0 Å². The predicted molar refractivity (Wildman–Crippen MR) is 184 cm³/mol. The Morgan fingerprint density at radius 1 is 1.04 bits per heavy atom. The largest absolute Gasteiger partial charge is 0.444 e. The number of ether oxygens (including phenoxy) is 2. The van der Waals surface area contributed by atoms with E-state index in [2.05, 4.69) is 52.1 Å². The number of morpholine rings is 1. The zero-order valence-electron chi connectivity index (χ0n) is 29.2. The van der Waals surface area contributed by atoms with Gasteiger partial charge in [0.25, 0.3) is 0 Å². The Morgan fingerprint density at radius 3 is 2.47 bits per heavy atom. The fourth-order valence-corrected chi connectivity index (χ4v) is 7.29. The first-order chi connectivity index (χ1) is 23.3. The van der Waals surface area contributed by atoms with Gasteiger partial charge in [0, 0.05) is 74.9 Å². The molecule has 0 spiro atoms. The van der Waals surface area contributed by atoms with Crippen LogP contribution in [-0.4, -0.2) is 95.0 Å². The van der Waals surface area contributed by atoms with Gasteiger partial charge < -0.3 is 23.8 Å². The van der Waals surface area contributed by atoms with Gasteiger partial charge in [-0.1, -0.05) is 18.2 Å². The third-order valence-corrected chi connectivity index (χ3v) is 10.2. The molecule has 0 saturated carbocycles. The zero-order chi connectivity index (χ0) is 34.9. The Kier molecular flexibility index (Phi) is 10.00. The number of benzene rings is 2. The van der Waals surface area contributed by atoms with Crippen molar-refractivity contribution in [1.82, 2.24) is 19.4 Å². The molecular formula is C37H48F2N6O4. The summed E-state index contributed by atoms with van der Waals surface area (Å²) in [5.41, 5.74) is 2.81. The molecule has 12 heteroatoms. The molecule has 2 aromatic carbocycles. The summed E-state index contributed by atoms with van der Waals surface area (Å²) in [5.74, 6) is -2.30. The van der Waals surface area contributed by atoms with Crippen molar-refractivity contribution in [3.8, 4) is 0 Å². The molecule has 6 rings (SSSR count). The monoisotopic (exact) mass is 678 g/mol. The van der Waals surface area contributed by atoms with Gasteiger partial charge >= 0.3 is 6.09 Å². The van der Waals surface area contributed by atoms with E-state index < -0.39 is 29.1 Å². The van der Waals surface area contributed by atoms with Crippen molar-refractivity contribution < 1.29 is 27.8 Å². The molecular weight excluding hydrogens is 630 g/mol. The van der Waals surface area contributed by atoms with Crippen molar-refractivity contribution in [2.45, 2.75) is 71.1 Å². The van der Waals surface area contributed by atoms with Crippen LogP contribution >= 0.6 is 0 Å². The number of carbonyl (C=O) groups excluding carboxylic acids is 2. The molecule has 3 aromatic rings. The second-order valence-electron chi connectivity index (χ2n) is 14.8. The first kappa shape index (κ1) is 34.8. The molecule has 2 amide bonds. The minimum atomic E-state index is -0.661. The number of anilines is 2. The summed E-state index contributed by atoms with van der Waals surface area (Å²) in [6.45, 7) is 15.1. The number of likely N-dealkylation sites (tertiary alicyclic amines) is 2. The lowest BCUT2D eigenvalue weighted by atomic mass is 9.87. The van der Waals surface area contributed by atoms with Gasteiger partial charge in [-0.05, 0) is 76.3 Å². The maximum atomic E-state index is 15.3. The summed E-state index contributed by atoms with van der Waals surface area (Å²) < 4.78 is 42.4. The van der Waals surface area contributed by atoms with Gasteiger partial charge in [0.05, 0.1) is 25.7 Å². The second-order valence-corrected chi connectivity index (χ2v) is 14.8. The number of aryl methyl sites for hydroxylation is 1. The van der Waals surface area contributed by atoms with E-state index in [-0.39, 0.29) is 17.5 Å². The van der Waals surface area contributed by atoms with Gasteiger partial charge in [0.1, 0.15) is 17.2 Å². The van der Waals surface area contributed by atoms with Gasteiger partial charge in [-0.15, -0.1) is 0 Å². The standard InChI is InChI=1S/C37H48F2N6O4/c1-25-6-7-26(32(20-25)42-16-18-48-19-17-42)22-44-15-12-40-34(44)41-33(46)30-24-45(23-29(30)28-9-8-27(38)21-31(28)39)37(5)10-13-43(14-11-37)35(47)49-36(2,3)4/h6-9,12,15,20-21,29-30H,10-11,13-14,16-19,22-24H2,1-5H3,(H,40,41,46)/t29-,30+/m0/s1. The van der Waals surface area contributed by atoms with E-state index >= 15 is 4.39 Å². The van der Waals surface area contributed by atoms with E-state index in [1.54, 1.807) is 11.1 Å². The summed E-state index contributed by atoms with van der Waals surface area (Å²) in [5, 5.41) is 3.06. The molecule has 3 aliphatic rings. The number of halogens is 2. The molecule has 10 nitrogen and oxygen atoms in total. The molecule has 0 bridgehead atoms. The van der Waals surface area contributed by atoms with Crippen molar-refractivity contribution in [3.63, 3.8) is 0 Å². The third-order valence-electron chi connectivity index (χ3n) is 10.2. The maximum absolute atomic E-state index is 15.3. The first-order valence-corrected chi connectivity index (χ1v) is 17.2. The molecule has 3 fully saturated rings. The number of nitrogens with one attached hydrogen (secondary N) is 1. The summed E-state index contributed by atoms with van der Waals surface area (Å²) in [6.07, 6.45) is 4.51. The Bertz CT molecular complexity index is 1660. The van der Waals surface area contributed by atoms with Crippen LogP contribution in [0.25, 0.3) is 0 Å². The lowest BCUT2D eigenvalue weighted by Gasteiger charge is -2.45. The number of nitrogens with zero attached hydrogens (tertiary/aromatic N) is 5. The normalized spacial score (nSPS) is 21.5. The highest BCUT2D eigenvalue weighted by molar-refractivity contribution is 5.92. The molecule has 4 heterocycles. The average Bonchev–Trinajstić information content (AvgIpc) is 3.69. The Balaban J connectivity index is 1.20. The minimum Gasteiger partial charge on any atom is -0.444 e. The van der Waals surface area contributed by atoms with Crippen LogP contribution in [0.5, 0.6) is 0 Å². The second kappa shape index (κ2) is 14.1. The van der Waals surface area contributed by atoms with Crippen LogP contribution in [0.2, 0.25) is 0 Å². The van der Waals surface area contributed by atoms with Crippen molar-refractivity contribution in [3.05, 3.63) is 77.1 Å². The topological polar surface area (TPSA) is 92.2 Å². The highest BCUT2D eigenvalue weighted by atomic mass is 19.1. The fourth-order valence-electron chi connectivity index (χ4n) is 7.29. The number of amides is 2. The van der Waals surface area contributed by atoms with E-state index in [0.29, 0.717) is 70.3 Å². The van der Waals surface area contributed by atoms with Crippen LogP contribution in [0.1, 0.15) is 63.1 Å². The van der Waals surface area contributed by atoms with Crippen LogP contribution in [0.3, 0.4) is 0 Å². The predicted octanol–water partition coefficient (Wildman–Crippen LogP) is 5.80. The van der Waals surface area contributed by atoms with Crippen molar-refractivity contribution in [2.75, 3.05) is 62.7 Å². The summed E-state index contributed by atoms with van der Waals surface area (Å²) in [4.78, 5) is 37.7. The lowest BCUT2D eigenvalue weighted by Crippen LogP contribution is -2.54. The van der Waals surface area contributed by atoms with Crippen LogP contribution in [-0.2, 0) is 20.8 Å². The number of piperidine rings is 1. The number of hydrogen-bond donors (Lipinski definition) is 1. The van der Waals surface area contributed by atoms with Gasteiger partial charge in [0.15, 0.2) is 0 Å². The zero-order valence-corrected chi connectivity index (χ0v) is 29.2. The van der Waals surface area contributed by atoms with Crippen LogP contribution in [0.15, 0.2) is 48.8 Å². The van der Waals surface area contributed by atoms with Crippen LogP contribution in [0, 0.1) is 24.5 Å². The molecule has 1 aromatic heterocycles. The van der Waals surface area contributed by atoms with E-state index in [4.69, 9.17) is 9.47 Å². The number of rotatable bonds is 7. The average molecular weight is 679 g/mol. The Hall–Kier alpha value is -4.03. The van der Waals surface area contributed by atoms with Gasteiger partial charge in [0.2, 0.25) is 11.9 Å². The highest BCUT2D eigenvalue weighted by Crippen LogP contribution is 2.41. The third kappa shape index (κ3) is 7.91. The Morgan fingerprint density at radius 2 is 1.78 bits per heavy atom. The summed E-state index contributed by atoms with van der Waals surface area (Å²) >= 11 is 0. The quantitative estimate of drug-likeness (QED) is 0.338. The molecule has 1 N–H and O–H groups in total. The molecule has 49 heavy (non-hydrogen) atoms. The molecule has 3 saturated heterocycles. The van der Waals surface area contributed by atoms with Gasteiger partial charge in [-0.2, -0.15) is 0 Å². The Labute approximate surface area is 287 Å². The van der Waals surface area contributed by atoms with Crippen LogP contribution in [0.4, 0.5) is 25.2 Å². The van der Waals surface area contributed by atoms with E-state index in [0.717, 1.165) is 30.4 Å². The number of hydrogen-bond acceptors (Lipinski definition) is 7. The minimum absolute atomic E-state index is 0.268. The molecule has 0 aliphatic carbocycles. The molecule has 0 unspecified atom stereocenters. The molecule has 2 atom stereocenters. The van der Waals surface area contributed by atoms with Crippen LogP contribution < -0.4 is 10.2 Å². The number of imidazole rings is 1. The molecule has 0 radical (unpaired) electrons. The van der Waals surface area contributed by atoms with Crippen molar-refractivity contribution in [2.24, 2.45) is 5.92 Å². The lowest BCUT2D eigenvalue weighted by molar-refractivity contribution is -0.120. The fraction of sp³-hybridized carbons (Fsp3) is 0.541. The number of carbonyl (C=O) groups is 2. The SMILES string of the molecule is Cc1ccc(Cn2ccnc2NC(=O)[C@@H]2CN(C3(C)CCN(C(=O)OC(C)(C)C)CC3)C[C@H]2c2ccc(F)cc2F)c(N2CCOCC2)c1. The first-order valence-electron chi connectivity index (χ1n) is 17.2. The van der Waals surface area contributed by atoms with E-state index in [1.807, 2.05) is 31.5 Å². The maximum Gasteiger partial charge on any atom is 0.410 e. The molecule has 3 aliphatic heterocycles. The van der Waals surface area contributed by atoms with Gasteiger partial charge in [-0.25, -0.2) is 18.6 Å². The highest BCUT2D eigenvalue weighted by Gasteiger charge is 2.47. The smallest absolute Gasteiger partial charge is 0.410 e. The summed E-state index contributed by atoms with van der Waals surface area (Å²) in [6, 6.07) is 9.97. The summed E-state index contributed by atoms with van der Waals surface area (Å²) in [7, 11) is 0. The van der Waals surface area contributed by atoms with Crippen molar-refractivity contribution >= 4 is 23.6 Å². The van der Waals surface area contributed by atoms with E-state index in [1.165, 1.54) is 17.7 Å².